The Morgan fingerprint density at radius 1 is 1.50 bits per heavy atom. The van der Waals surface area contributed by atoms with Gasteiger partial charge in [0.1, 0.15) is 0 Å². The van der Waals surface area contributed by atoms with Crippen molar-refractivity contribution in [3.05, 3.63) is 0 Å². The largest absolute Gasteiger partial charge is 1.00 e. The minimum absolute atomic E-state index is 0. The van der Waals surface area contributed by atoms with Crippen molar-refractivity contribution in [1.29, 1.82) is 0 Å². The van der Waals surface area contributed by atoms with Crippen molar-refractivity contribution in [3.63, 3.8) is 0 Å². The topological polar surface area (TPSA) is 89.0 Å². The summed E-state index contributed by atoms with van der Waals surface area (Å²) in [6.07, 6.45) is 0. The van der Waals surface area contributed by atoms with E-state index in [1.54, 1.807) is 0 Å². The molecule has 0 bridgehead atoms. The molecule has 14 heavy (non-hydrogen) atoms. The van der Waals surface area contributed by atoms with Gasteiger partial charge in [0.25, 0.3) is 0 Å². The Bertz CT molecular complexity index is 428. The van der Waals surface area contributed by atoms with Gasteiger partial charge in [-0.25, -0.2) is 8.42 Å². The van der Waals surface area contributed by atoms with Crippen LogP contribution in [0.3, 0.4) is 0 Å². The molecule has 1 amide bonds. The molecule has 0 saturated heterocycles. The minimum atomic E-state index is -3.74. The summed E-state index contributed by atoms with van der Waals surface area (Å²) in [5.74, 6) is -0.343. The maximum atomic E-state index is 10.7. The number of carbonyl (C=O) groups is 1. The van der Waals surface area contributed by atoms with E-state index < -0.39 is 8.87 Å². The predicted octanol–water partition coefficient (Wildman–Crippen LogP) is -3.26. The maximum absolute atomic E-state index is 10.7. The summed E-state index contributed by atoms with van der Waals surface area (Å²) >= 11 is 4.87. The standard InChI is InChI=1S/C4H5N3O3S3.K/c1-2(8)5-3-6-7-4(12-3)13(9,10)11;/h1H3,(H,5,6,8)(H,9,10,11);/q;+1/p-1. The third-order valence-corrected chi connectivity index (χ3v) is 3.74. The molecule has 0 unspecified atom stereocenters. The third-order valence-electron chi connectivity index (χ3n) is 0.903. The number of hydrogen-bond acceptors (Lipinski definition) is 7. The molecule has 1 aromatic rings. The monoisotopic (exact) mass is 277 g/mol. The predicted molar refractivity (Wildman–Crippen MR) is 48.8 cm³/mol. The van der Waals surface area contributed by atoms with Crippen molar-refractivity contribution in [2.75, 3.05) is 5.32 Å². The van der Waals surface area contributed by atoms with Crippen molar-refractivity contribution >= 4 is 42.9 Å². The Hall–Kier alpha value is 0.966. The average Bonchev–Trinajstić information content (AvgIpc) is 2.32. The van der Waals surface area contributed by atoms with Crippen LogP contribution >= 0.6 is 11.3 Å². The number of carbonyl (C=O) groups excluding carboxylic acids is 1. The summed E-state index contributed by atoms with van der Waals surface area (Å²) in [4.78, 5) is 10.5. The molecule has 0 aliphatic carbocycles. The molecular weight excluding hydrogens is 273 g/mol. The zero-order valence-corrected chi connectivity index (χ0v) is 12.9. The van der Waals surface area contributed by atoms with E-state index in [1.165, 1.54) is 6.92 Å². The maximum Gasteiger partial charge on any atom is 1.00 e. The van der Waals surface area contributed by atoms with Gasteiger partial charge in [-0.05, 0) is 0 Å². The van der Waals surface area contributed by atoms with E-state index in [0.717, 1.165) is 11.3 Å². The van der Waals surface area contributed by atoms with Crippen molar-refractivity contribution in [2.24, 2.45) is 0 Å². The number of nitrogens with zero attached hydrogens (tertiary/aromatic N) is 2. The first-order chi connectivity index (χ1) is 5.89. The van der Waals surface area contributed by atoms with Crippen LogP contribution in [0.4, 0.5) is 5.13 Å². The van der Waals surface area contributed by atoms with Crippen LogP contribution in [0, 0.1) is 0 Å². The van der Waals surface area contributed by atoms with Gasteiger partial charge in [-0.3, -0.25) is 4.79 Å². The Morgan fingerprint density at radius 2 is 2.07 bits per heavy atom. The smallest absolute Gasteiger partial charge is 0.641 e. The fourth-order valence-corrected chi connectivity index (χ4v) is 2.23. The van der Waals surface area contributed by atoms with Crippen LogP contribution in [0.5, 0.6) is 0 Å². The SMILES string of the molecule is CC(=O)Nc1nnc(S(=O)(=O)[S-])s1.[K+]. The quantitative estimate of drug-likeness (QED) is 0.264. The van der Waals surface area contributed by atoms with Crippen LogP contribution in [-0.2, 0) is 25.3 Å². The summed E-state index contributed by atoms with van der Waals surface area (Å²) in [6.45, 7) is 1.28. The van der Waals surface area contributed by atoms with Crippen LogP contribution in [0.2, 0.25) is 0 Å². The molecule has 10 heteroatoms. The van der Waals surface area contributed by atoms with E-state index in [0.29, 0.717) is 0 Å². The summed E-state index contributed by atoms with van der Waals surface area (Å²) in [7, 11) is -3.74. The molecule has 1 N–H and O–H groups in total. The van der Waals surface area contributed by atoms with Gasteiger partial charge >= 0.3 is 51.4 Å². The van der Waals surface area contributed by atoms with E-state index in [2.05, 4.69) is 27.2 Å². The van der Waals surface area contributed by atoms with Crippen molar-refractivity contribution in [1.82, 2.24) is 10.2 Å². The third kappa shape index (κ3) is 4.66. The van der Waals surface area contributed by atoms with Gasteiger partial charge in [0.05, 0.1) is 8.87 Å². The van der Waals surface area contributed by atoms with E-state index in [9.17, 15) is 13.2 Å². The number of amides is 1. The molecule has 1 rings (SSSR count). The van der Waals surface area contributed by atoms with Gasteiger partial charge in [0, 0.05) is 6.92 Å². The number of anilines is 1. The molecule has 0 radical (unpaired) electrons. The summed E-state index contributed by atoms with van der Waals surface area (Å²) in [5, 5.41) is 9.13. The second kappa shape index (κ2) is 5.89. The van der Waals surface area contributed by atoms with Crippen LogP contribution in [-0.4, -0.2) is 24.5 Å². The van der Waals surface area contributed by atoms with E-state index in [-0.39, 0.29) is 66.8 Å². The fourth-order valence-electron chi connectivity index (χ4n) is 0.512. The normalized spacial score (nSPS) is 10.4. The molecule has 0 aliphatic rings. The Balaban J connectivity index is 0.00000169. The van der Waals surface area contributed by atoms with Crippen molar-refractivity contribution in [3.8, 4) is 0 Å². The zero-order valence-electron chi connectivity index (χ0n) is 7.34. The molecule has 0 saturated carbocycles. The molecule has 0 atom stereocenters. The number of aromatic nitrogens is 2. The molecular formula is C4H4KN3O3S3. The summed E-state index contributed by atoms with van der Waals surface area (Å²) in [6, 6.07) is 0. The van der Waals surface area contributed by atoms with Crippen LogP contribution < -0.4 is 56.7 Å². The molecule has 1 aromatic heterocycles. The average molecular weight is 277 g/mol. The molecule has 0 aliphatic heterocycles. The van der Waals surface area contributed by atoms with Crippen LogP contribution in [0.15, 0.2) is 4.34 Å². The van der Waals surface area contributed by atoms with Gasteiger partial charge in [-0.2, -0.15) is 0 Å². The first-order valence-electron chi connectivity index (χ1n) is 2.96. The second-order valence-corrected chi connectivity index (χ2v) is 5.86. The van der Waals surface area contributed by atoms with E-state index in [4.69, 9.17) is 0 Å². The molecule has 6 nitrogen and oxygen atoms in total. The van der Waals surface area contributed by atoms with Gasteiger partial charge < -0.3 is 17.0 Å². The van der Waals surface area contributed by atoms with Crippen LogP contribution in [0.1, 0.15) is 6.92 Å². The Morgan fingerprint density at radius 3 is 2.43 bits per heavy atom. The number of rotatable bonds is 2. The van der Waals surface area contributed by atoms with E-state index >= 15 is 0 Å². The minimum Gasteiger partial charge on any atom is -0.641 e. The molecule has 0 aromatic carbocycles. The summed E-state index contributed by atoms with van der Waals surface area (Å²) in [5.41, 5.74) is 0. The zero-order chi connectivity index (χ0) is 10.1. The Kier molecular flexibility index (Phi) is 6.30. The summed E-state index contributed by atoms with van der Waals surface area (Å²) < 4.78 is 21.2. The van der Waals surface area contributed by atoms with Crippen molar-refractivity contribution < 1.29 is 64.6 Å². The van der Waals surface area contributed by atoms with Gasteiger partial charge in [0.15, 0.2) is 0 Å². The molecule has 1 heterocycles. The number of nitrogens with one attached hydrogen (secondary N) is 1. The molecule has 0 spiro atoms. The van der Waals surface area contributed by atoms with Gasteiger partial charge in [-0.15, -0.1) is 10.2 Å². The first kappa shape index (κ1) is 15.0. The van der Waals surface area contributed by atoms with Gasteiger partial charge in [0.2, 0.25) is 15.4 Å². The molecule has 0 fully saturated rings. The fraction of sp³-hybridized carbons (Fsp3) is 0.250. The molecule has 72 valence electrons. The first-order valence-corrected chi connectivity index (χ1v) is 6.19. The van der Waals surface area contributed by atoms with Gasteiger partial charge in [-0.1, -0.05) is 11.3 Å². The number of hydrogen-bond donors (Lipinski definition) is 1. The van der Waals surface area contributed by atoms with Crippen molar-refractivity contribution in [2.45, 2.75) is 11.3 Å². The van der Waals surface area contributed by atoms with Crippen LogP contribution in [0.25, 0.3) is 0 Å². The van der Waals surface area contributed by atoms with E-state index in [1.807, 2.05) is 0 Å². The second-order valence-electron chi connectivity index (χ2n) is 2.01. The Labute approximate surface area is 132 Å².